The highest BCUT2D eigenvalue weighted by atomic mass is 32.1. The maximum Gasteiger partial charge on any atom is 0.224 e. The Hall–Kier alpha value is -3.06. The van der Waals surface area contributed by atoms with Crippen LogP contribution >= 0.6 is 11.3 Å². The number of thiazole rings is 1. The lowest BCUT2D eigenvalue weighted by Gasteiger charge is -2.05. The highest BCUT2D eigenvalue weighted by Crippen LogP contribution is 2.23. The number of nitrogens with zero attached hydrogens (tertiary/aromatic N) is 3. The van der Waals surface area contributed by atoms with Crippen molar-refractivity contribution in [1.29, 1.82) is 0 Å². The van der Waals surface area contributed by atoms with Crippen LogP contribution in [0.5, 0.6) is 0 Å². The number of unbranched alkanes of at least 4 members (excludes halogenated alkanes) is 1. The van der Waals surface area contributed by atoms with Gasteiger partial charge in [-0.1, -0.05) is 12.1 Å². The second-order valence-electron chi connectivity index (χ2n) is 6.65. The smallest absolute Gasteiger partial charge is 0.224 e. The van der Waals surface area contributed by atoms with Crippen LogP contribution in [0.1, 0.15) is 30.1 Å². The van der Waals surface area contributed by atoms with Crippen molar-refractivity contribution in [3.05, 3.63) is 59.4 Å². The van der Waals surface area contributed by atoms with Crippen LogP contribution in [0.15, 0.2) is 48.5 Å². The Bertz CT molecular complexity index is 1050. The van der Waals surface area contributed by atoms with E-state index in [1.807, 2.05) is 49.4 Å². The Morgan fingerprint density at radius 3 is 2.64 bits per heavy atom. The molecule has 0 saturated heterocycles. The molecule has 28 heavy (non-hydrogen) atoms. The van der Waals surface area contributed by atoms with Gasteiger partial charge in [0.2, 0.25) is 5.91 Å². The highest BCUT2D eigenvalue weighted by Gasteiger charge is 2.07. The zero-order valence-corrected chi connectivity index (χ0v) is 16.4. The Morgan fingerprint density at radius 1 is 1.07 bits per heavy atom. The molecule has 0 atom stereocenters. The second-order valence-corrected chi connectivity index (χ2v) is 7.77. The molecule has 0 aliphatic carbocycles. The predicted molar refractivity (Wildman–Crippen MR) is 112 cm³/mol. The number of carbonyl (C=O) groups is 1. The Labute approximate surface area is 167 Å². The van der Waals surface area contributed by atoms with Gasteiger partial charge < -0.3 is 5.32 Å². The van der Waals surface area contributed by atoms with Crippen LogP contribution in [0.2, 0.25) is 0 Å². The van der Waals surface area contributed by atoms with Gasteiger partial charge in [-0.3, -0.25) is 9.89 Å². The summed E-state index contributed by atoms with van der Waals surface area (Å²) in [6, 6.07) is 15.7. The Balaban J connectivity index is 1.23. The average Bonchev–Trinajstić information content (AvgIpc) is 3.31. The number of benzene rings is 2. The summed E-state index contributed by atoms with van der Waals surface area (Å²) in [6.07, 6.45) is 3.22. The maximum absolute atomic E-state index is 12.2. The first-order valence-electron chi connectivity index (χ1n) is 9.31. The quantitative estimate of drug-likeness (QED) is 0.446. The van der Waals surface area contributed by atoms with E-state index in [1.165, 1.54) is 4.70 Å². The zero-order valence-electron chi connectivity index (χ0n) is 15.6. The predicted octanol–water partition coefficient (Wildman–Crippen LogP) is 4.74. The van der Waals surface area contributed by atoms with E-state index in [1.54, 1.807) is 11.3 Å². The number of rotatable bonds is 7. The first-order valence-corrected chi connectivity index (χ1v) is 10.1. The summed E-state index contributed by atoms with van der Waals surface area (Å²) < 4.78 is 1.22. The number of aryl methyl sites for hydroxylation is 2. The number of carbonyl (C=O) groups excluding carboxylic acids is 1. The lowest BCUT2D eigenvalue weighted by Crippen LogP contribution is -2.11. The molecule has 0 aliphatic rings. The molecule has 2 N–H and O–H groups in total. The van der Waals surface area contributed by atoms with Gasteiger partial charge in [0.25, 0.3) is 0 Å². The van der Waals surface area contributed by atoms with Crippen LogP contribution in [-0.4, -0.2) is 26.1 Å². The van der Waals surface area contributed by atoms with E-state index in [-0.39, 0.29) is 5.91 Å². The van der Waals surface area contributed by atoms with E-state index in [9.17, 15) is 4.79 Å². The minimum absolute atomic E-state index is 0.0331. The first-order chi connectivity index (χ1) is 13.7. The number of fused-ring (bicyclic) bond motifs is 1. The zero-order chi connectivity index (χ0) is 19.3. The minimum atomic E-state index is 0.0331. The van der Waals surface area contributed by atoms with Gasteiger partial charge in [-0.2, -0.15) is 5.10 Å². The lowest BCUT2D eigenvalue weighted by molar-refractivity contribution is -0.116. The summed E-state index contributed by atoms with van der Waals surface area (Å²) in [5.74, 6) is 1.47. The van der Waals surface area contributed by atoms with E-state index < -0.39 is 0 Å². The third kappa shape index (κ3) is 4.43. The number of H-pyrrole nitrogens is 1. The maximum atomic E-state index is 12.2. The van der Waals surface area contributed by atoms with Gasteiger partial charge in [-0.25, -0.2) is 9.97 Å². The van der Waals surface area contributed by atoms with Gasteiger partial charge in [-0.05, 0) is 62.6 Å². The van der Waals surface area contributed by atoms with Gasteiger partial charge >= 0.3 is 0 Å². The molecule has 0 aliphatic heterocycles. The molecule has 4 aromatic rings. The Morgan fingerprint density at radius 2 is 1.89 bits per heavy atom. The van der Waals surface area contributed by atoms with Crippen molar-refractivity contribution in [1.82, 2.24) is 20.2 Å². The molecular formula is C21H21N5OS. The molecular weight excluding hydrogens is 370 g/mol. The third-order valence-corrected chi connectivity index (χ3v) is 5.50. The molecule has 0 saturated carbocycles. The number of para-hydroxylation sites is 1. The lowest BCUT2D eigenvalue weighted by atomic mass is 10.1. The van der Waals surface area contributed by atoms with Crippen molar-refractivity contribution < 1.29 is 4.79 Å². The first kappa shape index (κ1) is 18.3. The number of aromatic nitrogens is 4. The normalized spacial score (nSPS) is 11.0. The van der Waals surface area contributed by atoms with Crippen molar-refractivity contribution in [2.75, 3.05) is 5.32 Å². The van der Waals surface area contributed by atoms with Crippen molar-refractivity contribution >= 4 is 33.1 Å². The summed E-state index contributed by atoms with van der Waals surface area (Å²) in [5.41, 5.74) is 2.76. The van der Waals surface area contributed by atoms with Crippen molar-refractivity contribution in [3.63, 3.8) is 0 Å². The van der Waals surface area contributed by atoms with Gasteiger partial charge in [0.15, 0.2) is 5.82 Å². The minimum Gasteiger partial charge on any atom is -0.326 e. The molecule has 2 heterocycles. The highest BCUT2D eigenvalue weighted by molar-refractivity contribution is 7.18. The van der Waals surface area contributed by atoms with Gasteiger partial charge in [0.05, 0.1) is 15.2 Å². The summed E-state index contributed by atoms with van der Waals surface area (Å²) in [5, 5.41) is 11.0. The fourth-order valence-electron chi connectivity index (χ4n) is 2.99. The fraction of sp³-hybridized carbons (Fsp3) is 0.238. The van der Waals surface area contributed by atoms with Crippen LogP contribution in [0.4, 0.5) is 5.69 Å². The summed E-state index contributed by atoms with van der Waals surface area (Å²) in [7, 11) is 0. The van der Waals surface area contributed by atoms with Crippen LogP contribution in [-0.2, 0) is 11.2 Å². The number of anilines is 1. The molecule has 0 unspecified atom stereocenters. The SMILES string of the molecule is Cc1nc(-c2ccc(NC(=O)CCCCc3nc4ccccc4s3)cc2)n[nH]1. The number of aromatic amines is 1. The molecule has 4 rings (SSSR count). The second kappa shape index (κ2) is 8.31. The summed E-state index contributed by atoms with van der Waals surface area (Å²) in [4.78, 5) is 21.1. The molecule has 0 radical (unpaired) electrons. The topological polar surface area (TPSA) is 83.6 Å². The van der Waals surface area contributed by atoms with E-state index in [0.29, 0.717) is 12.2 Å². The van der Waals surface area contributed by atoms with Gasteiger partial charge in [-0.15, -0.1) is 11.3 Å². The third-order valence-electron chi connectivity index (χ3n) is 4.41. The van der Waals surface area contributed by atoms with Gasteiger partial charge in [0, 0.05) is 17.7 Å². The summed E-state index contributed by atoms with van der Waals surface area (Å²) in [6.45, 7) is 1.86. The molecule has 0 bridgehead atoms. The monoisotopic (exact) mass is 391 g/mol. The molecule has 2 aromatic heterocycles. The van der Waals surface area contributed by atoms with Gasteiger partial charge in [0.1, 0.15) is 5.82 Å². The van der Waals surface area contributed by atoms with Crippen molar-refractivity contribution in [3.8, 4) is 11.4 Å². The molecule has 142 valence electrons. The van der Waals surface area contributed by atoms with E-state index >= 15 is 0 Å². The summed E-state index contributed by atoms with van der Waals surface area (Å²) >= 11 is 1.74. The molecule has 0 spiro atoms. The van der Waals surface area contributed by atoms with Crippen LogP contribution in [0, 0.1) is 6.92 Å². The standard InChI is InChI=1S/C21H21N5OS/c1-14-22-21(26-25-14)15-10-12-16(13-11-15)23-19(27)8-4-5-9-20-24-17-6-2-3-7-18(17)28-20/h2-3,6-7,10-13H,4-5,8-9H2,1H3,(H,23,27)(H,22,25,26). The van der Waals surface area contributed by atoms with Crippen LogP contribution in [0.25, 0.3) is 21.6 Å². The Kier molecular flexibility index (Phi) is 5.43. The molecule has 6 nitrogen and oxygen atoms in total. The molecule has 2 aromatic carbocycles. The molecule has 7 heteroatoms. The number of hydrogen-bond acceptors (Lipinski definition) is 5. The number of nitrogens with one attached hydrogen (secondary N) is 2. The average molecular weight is 391 g/mol. The van der Waals surface area contributed by atoms with Crippen LogP contribution in [0.3, 0.4) is 0 Å². The van der Waals surface area contributed by atoms with E-state index in [4.69, 9.17) is 0 Å². The number of hydrogen-bond donors (Lipinski definition) is 2. The van der Waals surface area contributed by atoms with Crippen molar-refractivity contribution in [2.24, 2.45) is 0 Å². The molecule has 0 fully saturated rings. The van der Waals surface area contributed by atoms with E-state index in [0.717, 1.165) is 46.9 Å². The van der Waals surface area contributed by atoms with Crippen molar-refractivity contribution in [2.45, 2.75) is 32.6 Å². The molecule has 1 amide bonds. The van der Waals surface area contributed by atoms with E-state index in [2.05, 4.69) is 31.5 Å². The fourth-order valence-corrected chi connectivity index (χ4v) is 4.00. The largest absolute Gasteiger partial charge is 0.326 e. The van der Waals surface area contributed by atoms with Crippen LogP contribution < -0.4 is 5.32 Å². The number of amides is 1.